The van der Waals surface area contributed by atoms with Gasteiger partial charge in [0.2, 0.25) is 10.0 Å². The third-order valence-electron chi connectivity index (χ3n) is 4.37. The molecular formula is C20H23N3O4S. The number of hydrogen-bond acceptors (Lipinski definition) is 5. The standard InChI is InChI=1S/C20H23N3O4S/c1-4-12-23-18-11-10-16(28(25,26)22(2)3)13-17(18)21-19(23)14-27-20(24)15-8-6-5-7-9-15/h5-11,13H,4,12,14H2,1-3H3. The van der Waals surface area contributed by atoms with E-state index in [1.807, 2.05) is 17.6 Å². The highest BCUT2D eigenvalue weighted by Crippen LogP contribution is 2.23. The Morgan fingerprint density at radius 2 is 1.86 bits per heavy atom. The van der Waals surface area contributed by atoms with E-state index in [4.69, 9.17) is 4.74 Å². The first-order chi connectivity index (χ1) is 13.3. The molecule has 0 aliphatic carbocycles. The summed E-state index contributed by atoms with van der Waals surface area (Å²) in [5, 5.41) is 0. The van der Waals surface area contributed by atoms with Crippen molar-refractivity contribution in [1.29, 1.82) is 0 Å². The van der Waals surface area contributed by atoms with Gasteiger partial charge in [-0.05, 0) is 36.8 Å². The van der Waals surface area contributed by atoms with E-state index in [1.165, 1.54) is 18.4 Å². The predicted molar refractivity (Wildman–Crippen MR) is 106 cm³/mol. The molecule has 0 aliphatic heterocycles. The molecule has 0 unspecified atom stereocenters. The number of fused-ring (bicyclic) bond motifs is 1. The van der Waals surface area contributed by atoms with Crippen LogP contribution in [0.2, 0.25) is 0 Å². The Kier molecular flexibility index (Phi) is 5.81. The number of aromatic nitrogens is 2. The minimum absolute atomic E-state index is 0.0121. The van der Waals surface area contributed by atoms with E-state index in [0.717, 1.165) is 11.9 Å². The van der Waals surface area contributed by atoms with Gasteiger partial charge in [0.05, 0.1) is 21.5 Å². The van der Waals surface area contributed by atoms with E-state index >= 15 is 0 Å². The SMILES string of the molecule is CCCn1c(COC(=O)c2ccccc2)nc2cc(S(=O)(=O)N(C)C)ccc21. The first-order valence-electron chi connectivity index (χ1n) is 8.98. The van der Waals surface area contributed by atoms with Crippen LogP contribution in [0.1, 0.15) is 29.5 Å². The molecule has 0 bridgehead atoms. The Labute approximate surface area is 164 Å². The number of rotatable bonds is 7. The summed E-state index contributed by atoms with van der Waals surface area (Å²) in [6.45, 7) is 2.74. The van der Waals surface area contributed by atoms with Crippen LogP contribution in [0.4, 0.5) is 0 Å². The summed E-state index contributed by atoms with van der Waals surface area (Å²) in [6, 6.07) is 13.6. The second kappa shape index (κ2) is 8.12. The van der Waals surface area contributed by atoms with Crippen LogP contribution in [0.25, 0.3) is 11.0 Å². The highest BCUT2D eigenvalue weighted by Gasteiger charge is 2.20. The molecule has 0 amide bonds. The maximum absolute atomic E-state index is 12.4. The van der Waals surface area contributed by atoms with E-state index in [1.54, 1.807) is 42.5 Å². The van der Waals surface area contributed by atoms with Gasteiger partial charge in [-0.15, -0.1) is 0 Å². The third kappa shape index (κ3) is 3.93. The normalized spacial score (nSPS) is 11.9. The molecule has 7 nitrogen and oxygen atoms in total. The number of ether oxygens (including phenoxy) is 1. The predicted octanol–water partition coefficient (Wildman–Crippen LogP) is 3.05. The molecule has 0 fully saturated rings. The number of carbonyl (C=O) groups is 1. The smallest absolute Gasteiger partial charge is 0.338 e. The molecule has 1 heterocycles. The Morgan fingerprint density at radius 1 is 1.14 bits per heavy atom. The highest BCUT2D eigenvalue weighted by atomic mass is 32.2. The lowest BCUT2D eigenvalue weighted by Gasteiger charge is -2.11. The zero-order valence-electron chi connectivity index (χ0n) is 16.1. The molecule has 3 rings (SSSR count). The van der Waals surface area contributed by atoms with Crippen molar-refractivity contribution in [2.45, 2.75) is 31.4 Å². The van der Waals surface area contributed by atoms with Gasteiger partial charge in [0, 0.05) is 20.6 Å². The van der Waals surface area contributed by atoms with E-state index in [-0.39, 0.29) is 11.5 Å². The molecule has 1 aromatic heterocycles. The van der Waals surface area contributed by atoms with Gasteiger partial charge in [-0.25, -0.2) is 22.5 Å². The zero-order valence-corrected chi connectivity index (χ0v) is 16.9. The molecule has 0 aliphatic rings. The van der Waals surface area contributed by atoms with Crippen molar-refractivity contribution in [3.63, 3.8) is 0 Å². The second-order valence-electron chi connectivity index (χ2n) is 6.56. The monoisotopic (exact) mass is 401 g/mol. The second-order valence-corrected chi connectivity index (χ2v) is 8.71. The number of sulfonamides is 1. The Bertz CT molecular complexity index is 1090. The van der Waals surface area contributed by atoms with Gasteiger partial charge < -0.3 is 9.30 Å². The Balaban J connectivity index is 1.93. The molecule has 0 atom stereocenters. The Hall–Kier alpha value is -2.71. The van der Waals surface area contributed by atoms with Crippen LogP contribution in [0.15, 0.2) is 53.4 Å². The number of carbonyl (C=O) groups excluding carboxylic acids is 1. The molecule has 8 heteroatoms. The van der Waals surface area contributed by atoms with Crippen LogP contribution in [0.3, 0.4) is 0 Å². The van der Waals surface area contributed by atoms with Gasteiger partial charge >= 0.3 is 5.97 Å². The zero-order chi connectivity index (χ0) is 20.3. The van der Waals surface area contributed by atoms with Crippen molar-refractivity contribution in [2.75, 3.05) is 14.1 Å². The van der Waals surface area contributed by atoms with Gasteiger partial charge in [-0.3, -0.25) is 0 Å². The van der Waals surface area contributed by atoms with Crippen LogP contribution in [0, 0.1) is 0 Å². The molecule has 28 heavy (non-hydrogen) atoms. The van der Waals surface area contributed by atoms with Crippen molar-refractivity contribution < 1.29 is 17.9 Å². The van der Waals surface area contributed by atoms with E-state index in [2.05, 4.69) is 4.98 Å². The van der Waals surface area contributed by atoms with Crippen LogP contribution >= 0.6 is 0 Å². The fourth-order valence-electron chi connectivity index (χ4n) is 2.90. The van der Waals surface area contributed by atoms with Gasteiger partial charge in [0.15, 0.2) is 0 Å². The average molecular weight is 401 g/mol. The largest absolute Gasteiger partial charge is 0.454 e. The molecule has 0 spiro atoms. The molecule has 2 aromatic carbocycles. The van der Waals surface area contributed by atoms with Gasteiger partial charge in [-0.1, -0.05) is 25.1 Å². The molecule has 148 valence electrons. The van der Waals surface area contributed by atoms with Gasteiger partial charge in [0.25, 0.3) is 0 Å². The lowest BCUT2D eigenvalue weighted by Crippen LogP contribution is -2.22. The lowest BCUT2D eigenvalue weighted by atomic mass is 10.2. The van der Waals surface area contributed by atoms with Crippen molar-refractivity contribution in [3.05, 3.63) is 59.9 Å². The number of imidazole rings is 1. The van der Waals surface area contributed by atoms with Crippen LogP contribution in [-0.4, -0.2) is 42.3 Å². The molecule has 0 saturated heterocycles. The lowest BCUT2D eigenvalue weighted by molar-refractivity contribution is 0.0458. The first-order valence-corrected chi connectivity index (χ1v) is 10.4. The molecule has 0 radical (unpaired) electrons. The average Bonchev–Trinajstić information content (AvgIpc) is 3.03. The topological polar surface area (TPSA) is 81.5 Å². The number of benzene rings is 2. The number of nitrogens with zero attached hydrogens (tertiary/aromatic N) is 3. The van der Waals surface area contributed by atoms with E-state index in [0.29, 0.717) is 23.4 Å². The quantitative estimate of drug-likeness (QED) is 0.569. The van der Waals surface area contributed by atoms with E-state index in [9.17, 15) is 13.2 Å². The molecule has 0 saturated carbocycles. The maximum atomic E-state index is 12.4. The minimum atomic E-state index is -3.55. The summed E-state index contributed by atoms with van der Waals surface area (Å²) < 4.78 is 33.3. The summed E-state index contributed by atoms with van der Waals surface area (Å²) in [7, 11) is -0.568. The summed E-state index contributed by atoms with van der Waals surface area (Å²) in [5.74, 6) is 0.159. The summed E-state index contributed by atoms with van der Waals surface area (Å²) in [5.41, 5.74) is 1.84. The minimum Gasteiger partial charge on any atom is -0.454 e. The maximum Gasteiger partial charge on any atom is 0.338 e. The first kappa shape index (κ1) is 20.0. The van der Waals surface area contributed by atoms with Crippen LogP contribution in [0.5, 0.6) is 0 Å². The van der Waals surface area contributed by atoms with Gasteiger partial charge in [-0.2, -0.15) is 0 Å². The number of esters is 1. The summed E-state index contributed by atoms with van der Waals surface area (Å²) >= 11 is 0. The molecule has 0 N–H and O–H groups in total. The van der Waals surface area contributed by atoms with Crippen LogP contribution in [-0.2, 0) is 27.9 Å². The van der Waals surface area contributed by atoms with Crippen molar-refractivity contribution in [1.82, 2.24) is 13.9 Å². The van der Waals surface area contributed by atoms with Crippen LogP contribution < -0.4 is 0 Å². The van der Waals surface area contributed by atoms with Gasteiger partial charge in [0.1, 0.15) is 12.4 Å². The van der Waals surface area contributed by atoms with Crippen molar-refractivity contribution in [2.24, 2.45) is 0 Å². The molecule has 3 aromatic rings. The number of aryl methyl sites for hydroxylation is 1. The number of hydrogen-bond donors (Lipinski definition) is 0. The third-order valence-corrected chi connectivity index (χ3v) is 6.18. The summed E-state index contributed by atoms with van der Waals surface area (Å²) in [4.78, 5) is 16.9. The van der Waals surface area contributed by atoms with E-state index < -0.39 is 16.0 Å². The molecular weight excluding hydrogens is 378 g/mol. The fraction of sp³-hybridized carbons (Fsp3) is 0.300. The van der Waals surface area contributed by atoms with Crippen molar-refractivity contribution >= 4 is 27.0 Å². The Morgan fingerprint density at radius 3 is 2.50 bits per heavy atom. The highest BCUT2D eigenvalue weighted by molar-refractivity contribution is 7.89. The summed E-state index contributed by atoms with van der Waals surface area (Å²) in [6.07, 6.45) is 0.864. The fourth-order valence-corrected chi connectivity index (χ4v) is 3.82. The van der Waals surface area contributed by atoms with Crippen molar-refractivity contribution in [3.8, 4) is 0 Å².